The average Bonchev–Trinajstić information content (AvgIpc) is 3.16. The van der Waals surface area contributed by atoms with Crippen molar-refractivity contribution in [2.75, 3.05) is 19.7 Å². The van der Waals surface area contributed by atoms with Crippen LogP contribution < -0.4 is 0 Å². The van der Waals surface area contributed by atoms with Crippen molar-refractivity contribution >= 4 is 40.5 Å². The summed E-state index contributed by atoms with van der Waals surface area (Å²) < 4.78 is 5.75. The summed E-state index contributed by atoms with van der Waals surface area (Å²) in [4.78, 5) is 7.85. The van der Waals surface area contributed by atoms with Gasteiger partial charge in [0.15, 0.2) is 0 Å². The van der Waals surface area contributed by atoms with Gasteiger partial charge in [0, 0.05) is 36.6 Å². The van der Waals surface area contributed by atoms with Crippen LogP contribution in [0.5, 0.6) is 0 Å². The minimum Gasteiger partial charge on any atom is -0.390 e. The van der Waals surface area contributed by atoms with Crippen LogP contribution in [0.1, 0.15) is 38.3 Å². The normalized spacial score (nSPS) is 17.4. The van der Waals surface area contributed by atoms with E-state index in [-0.39, 0.29) is 18.3 Å². The fraction of sp³-hybridized carbons (Fsp3) is 0.458. The highest BCUT2D eigenvalue weighted by Gasteiger charge is 2.26. The number of ether oxygens (including phenoxy) is 1. The molecule has 1 aliphatic rings. The lowest BCUT2D eigenvalue weighted by atomic mass is 10.0. The van der Waals surface area contributed by atoms with Crippen LogP contribution in [0.25, 0.3) is 0 Å². The molecule has 0 saturated heterocycles. The van der Waals surface area contributed by atoms with Crippen LogP contribution >= 0.6 is 34.8 Å². The Hall–Kier alpha value is -1.34. The number of aliphatic hydroxyl groups is 1. The highest BCUT2D eigenvalue weighted by Crippen LogP contribution is 2.26. The zero-order valence-corrected chi connectivity index (χ0v) is 20.8. The first kappa shape index (κ1) is 25.3. The van der Waals surface area contributed by atoms with Gasteiger partial charge >= 0.3 is 0 Å². The van der Waals surface area contributed by atoms with Gasteiger partial charge in [0.2, 0.25) is 0 Å². The summed E-state index contributed by atoms with van der Waals surface area (Å²) in [5, 5.41) is 16.5. The lowest BCUT2D eigenvalue weighted by Crippen LogP contribution is -2.40. The van der Waals surface area contributed by atoms with E-state index in [1.165, 1.54) is 0 Å². The van der Waals surface area contributed by atoms with Crippen molar-refractivity contribution in [3.05, 3.63) is 68.7 Å². The van der Waals surface area contributed by atoms with E-state index in [2.05, 4.69) is 10.1 Å². The Labute approximate surface area is 204 Å². The molecule has 5 nitrogen and oxygen atoms in total. The third kappa shape index (κ3) is 7.91. The molecule has 174 valence electrons. The molecule has 1 aliphatic heterocycles. The molecule has 1 N–H and O–H groups in total. The molecular weight excluding hydrogens is 471 g/mol. The molecule has 0 aliphatic carbocycles. The molecule has 1 heterocycles. The third-order valence-corrected chi connectivity index (χ3v) is 5.89. The lowest BCUT2D eigenvalue weighted by molar-refractivity contribution is -0.0600. The van der Waals surface area contributed by atoms with E-state index in [9.17, 15) is 5.11 Å². The molecular formula is C24H29Cl3N2O3. The van der Waals surface area contributed by atoms with E-state index in [0.717, 1.165) is 16.8 Å². The summed E-state index contributed by atoms with van der Waals surface area (Å²) in [6.07, 6.45) is -0.141. The molecule has 0 radical (unpaired) electrons. The molecule has 2 aromatic carbocycles. The Balaban J connectivity index is 1.64. The maximum absolute atomic E-state index is 10.6. The van der Waals surface area contributed by atoms with Crippen molar-refractivity contribution in [3.8, 4) is 0 Å². The second-order valence-corrected chi connectivity index (χ2v) is 10.3. The first-order valence-electron chi connectivity index (χ1n) is 10.6. The second kappa shape index (κ2) is 11.2. The molecule has 0 saturated carbocycles. The minimum absolute atomic E-state index is 0.144. The van der Waals surface area contributed by atoms with Crippen molar-refractivity contribution < 1.29 is 14.7 Å². The summed E-state index contributed by atoms with van der Waals surface area (Å²) in [7, 11) is 0. The van der Waals surface area contributed by atoms with E-state index in [4.69, 9.17) is 44.4 Å². The standard InChI is InChI=1S/C24H29Cl3N2O3/c1-24(2,3)31-15-19(30)13-29(12-16-5-4-6-18(25)9-16)14-20-11-23(28-32-20)17-7-8-21(26)22(27)10-17/h4-10,19-20,30H,11-15H2,1-3H3/t19-,20+/m0/s1. The van der Waals surface area contributed by atoms with Crippen molar-refractivity contribution in [1.29, 1.82) is 0 Å². The van der Waals surface area contributed by atoms with Gasteiger partial charge in [-0.15, -0.1) is 0 Å². The van der Waals surface area contributed by atoms with Crippen LogP contribution in [0.2, 0.25) is 15.1 Å². The Morgan fingerprint density at radius 2 is 1.94 bits per heavy atom. The zero-order chi connectivity index (χ0) is 23.3. The summed E-state index contributed by atoms with van der Waals surface area (Å²) in [5.41, 5.74) is 2.47. The number of rotatable bonds is 9. The third-order valence-electron chi connectivity index (χ3n) is 4.92. The number of halogens is 3. The van der Waals surface area contributed by atoms with Crippen molar-refractivity contribution in [3.63, 3.8) is 0 Å². The Morgan fingerprint density at radius 1 is 1.16 bits per heavy atom. The number of benzene rings is 2. The van der Waals surface area contributed by atoms with Crippen LogP contribution in [0.3, 0.4) is 0 Å². The summed E-state index contributed by atoms with van der Waals surface area (Å²) in [6.45, 7) is 7.81. The van der Waals surface area contributed by atoms with Gasteiger partial charge in [0.1, 0.15) is 6.10 Å². The van der Waals surface area contributed by atoms with Gasteiger partial charge in [0.25, 0.3) is 0 Å². The van der Waals surface area contributed by atoms with Crippen LogP contribution in [0.4, 0.5) is 0 Å². The minimum atomic E-state index is -0.634. The highest BCUT2D eigenvalue weighted by molar-refractivity contribution is 6.42. The summed E-state index contributed by atoms with van der Waals surface area (Å²) >= 11 is 18.3. The van der Waals surface area contributed by atoms with Crippen molar-refractivity contribution in [1.82, 2.24) is 4.90 Å². The number of hydrogen-bond acceptors (Lipinski definition) is 5. The maximum Gasteiger partial charge on any atom is 0.145 e. The lowest BCUT2D eigenvalue weighted by Gasteiger charge is -2.28. The smallest absolute Gasteiger partial charge is 0.145 e. The first-order valence-corrected chi connectivity index (χ1v) is 11.7. The van der Waals surface area contributed by atoms with E-state index >= 15 is 0 Å². The molecule has 0 amide bonds. The van der Waals surface area contributed by atoms with Gasteiger partial charge in [-0.2, -0.15) is 0 Å². The van der Waals surface area contributed by atoms with Gasteiger partial charge < -0.3 is 14.7 Å². The number of nitrogens with zero attached hydrogens (tertiary/aromatic N) is 2. The van der Waals surface area contributed by atoms with Gasteiger partial charge in [-0.1, -0.05) is 58.2 Å². The molecule has 3 rings (SSSR count). The van der Waals surface area contributed by atoms with Gasteiger partial charge in [-0.05, 0) is 50.6 Å². The van der Waals surface area contributed by atoms with Crippen LogP contribution in [-0.2, 0) is 16.1 Å². The molecule has 0 bridgehead atoms. The second-order valence-electron chi connectivity index (χ2n) is 9.00. The molecule has 32 heavy (non-hydrogen) atoms. The molecule has 0 fully saturated rings. The zero-order valence-electron chi connectivity index (χ0n) is 18.5. The van der Waals surface area contributed by atoms with Crippen LogP contribution in [0, 0.1) is 0 Å². The molecule has 0 unspecified atom stereocenters. The largest absolute Gasteiger partial charge is 0.390 e. The topological polar surface area (TPSA) is 54.3 Å². The Bertz CT molecular complexity index is 946. The predicted octanol–water partition coefficient (Wildman–Crippen LogP) is 5.82. The van der Waals surface area contributed by atoms with Crippen molar-refractivity contribution in [2.45, 2.75) is 51.5 Å². The number of hydrogen-bond donors (Lipinski definition) is 1. The summed E-state index contributed by atoms with van der Waals surface area (Å²) in [6, 6.07) is 13.2. The number of oxime groups is 1. The molecule has 0 aromatic heterocycles. The van der Waals surface area contributed by atoms with E-state index < -0.39 is 6.10 Å². The fourth-order valence-electron chi connectivity index (χ4n) is 3.45. The van der Waals surface area contributed by atoms with Gasteiger partial charge in [-0.3, -0.25) is 4.90 Å². The van der Waals surface area contributed by atoms with E-state index in [0.29, 0.717) is 41.1 Å². The van der Waals surface area contributed by atoms with Gasteiger partial charge in [0.05, 0.1) is 34.1 Å². The van der Waals surface area contributed by atoms with E-state index in [1.54, 1.807) is 12.1 Å². The highest BCUT2D eigenvalue weighted by atomic mass is 35.5. The molecule has 0 spiro atoms. The quantitative estimate of drug-likeness (QED) is 0.472. The van der Waals surface area contributed by atoms with Crippen LogP contribution in [-0.4, -0.2) is 53.2 Å². The maximum atomic E-state index is 10.6. The SMILES string of the molecule is CC(C)(C)OC[C@@H](O)CN(Cc1cccc(Cl)c1)C[C@H]1CC(c2ccc(Cl)c(Cl)c2)=NO1. The molecule has 2 aromatic rings. The van der Waals surface area contributed by atoms with Gasteiger partial charge in [-0.25, -0.2) is 0 Å². The summed E-state index contributed by atoms with van der Waals surface area (Å²) in [5.74, 6) is 0. The van der Waals surface area contributed by atoms with E-state index in [1.807, 2.05) is 51.1 Å². The predicted molar refractivity (Wildman–Crippen MR) is 131 cm³/mol. The van der Waals surface area contributed by atoms with Crippen molar-refractivity contribution in [2.24, 2.45) is 5.16 Å². The molecule has 8 heteroatoms. The number of aliphatic hydroxyl groups excluding tert-OH is 1. The Kier molecular flexibility index (Phi) is 8.84. The Morgan fingerprint density at radius 3 is 2.62 bits per heavy atom. The monoisotopic (exact) mass is 498 g/mol. The first-order chi connectivity index (χ1) is 15.1. The fourth-order valence-corrected chi connectivity index (χ4v) is 3.97. The average molecular weight is 500 g/mol. The molecule has 2 atom stereocenters. The van der Waals surface area contributed by atoms with Crippen LogP contribution in [0.15, 0.2) is 47.6 Å².